The van der Waals surface area contributed by atoms with Gasteiger partial charge in [0.15, 0.2) is 0 Å². The third kappa shape index (κ3) is 6.41. The maximum Gasteiger partial charge on any atom is 0.430 e. The van der Waals surface area contributed by atoms with E-state index in [0.717, 1.165) is 61.3 Å². The summed E-state index contributed by atoms with van der Waals surface area (Å²) in [5.74, 6) is -0.933. The van der Waals surface area contributed by atoms with Crippen LogP contribution < -0.4 is 4.90 Å². The normalized spacial score (nSPS) is 17.9. The van der Waals surface area contributed by atoms with Crippen molar-refractivity contribution in [1.29, 1.82) is 0 Å². The quantitative estimate of drug-likeness (QED) is 0.406. The zero-order chi connectivity index (χ0) is 29.2. The van der Waals surface area contributed by atoms with Gasteiger partial charge in [0.05, 0.1) is 10.6 Å². The van der Waals surface area contributed by atoms with Crippen molar-refractivity contribution in [1.82, 2.24) is 9.80 Å². The van der Waals surface area contributed by atoms with Gasteiger partial charge in [0.25, 0.3) is 17.4 Å². The highest BCUT2D eigenvalue weighted by atomic mass is 35.5. The predicted molar refractivity (Wildman–Crippen MR) is 150 cm³/mol. The third-order valence-electron chi connectivity index (χ3n) is 8.09. The van der Waals surface area contributed by atoms with E-state index in [1.165, 1.54) is 30.1 Å². The highest BCUT2D eigenvalue weighted by molar-refractivity contribution is 6.34. The van der Waals surface area contributed by atoms with E-state index >= 15 is 0 Å². The number of hydrogen-bond acceptors (Lipinski definition) is 4. The van der Waals surface area contributed by atoms with Crippen LogP contribution in [-0.2, 0) is 10.4 Å². The number of carbonyl (C=O) groups excluding carboxylic acids is 2. The average Bonchev–Trinajstić information content (AvgIpc) is 3.77. The standard InChI is InChI=1S/C30H37ClF3N3O3/c1-35(2)27(38)25-12-11-24(19-26(25)31)37-16-13-20(14-17-37)6-5-15-36(3)28(39)29(40,30(32,33)34)23-8-4-7-22(18-23)21-9-10-21/h4,7-8,11-12,18-21,40H,5-6,9-10,13-17H2,1-3H3. The fourth-order valence-corrected chi connectivity index (χ4v) is 5.69. The molecule has 0 spiro atoms. The Bertz CT molecular complexity index is 1230. The number of halogens is 4. The number of hydrogen-bond donors (Lipinski definition) is 1. The Hall–Kier alpha value is -2.78. The van der Waals surface area contributed by atoms with Crippen LogP contribution in [0.25, 0.3) is 0 Å². The number of benzene rings is 2. The molecule has 0 radical (unpaired) electrons. The Morgan fingerprint density at radius 2 is 1.70 bits per heavy atom. The zero-order valence-electron chi connectivity index (χ0n) is 23.2. The van der Waals surface area contributed by atoms with Crippen molar-refractivity contribution in [3.05, 3.63) is 64.2 Å². The second kappa shape index (κ2) is 12.0. The van der Waals surface area contributed by atoms with Crippen molar-refractivity contribution in [2.24, 2.45) is 5.92 Å². The van der Waals surface area contributed by atoms with Crippen molar-refractivity contribution in [3.63, 3.8) is 0 Å². The molecule has 6 nitrogen and oxygen atoms in total. The first-order chi connectivity index (χ1) is 18.8. The first-order valence-corrected chi connectivity index (χ1v) is 14.1. The Morgan fingerprint density at radius 3 is 2.27 bits per heavy atom. The van der Waals surface area contributed by atoms with E-state index in [9.17, 15) is 27.9 Å². The number of likely N-dealkylation sites (N-methyl/N-ethyl adjacent to an activating group) is 1. The van der Waals surface area contributed by atoms with Crippen LogP contribution in [0.3, 0.4) is 0 Å². The second-order valence-electron chi connectivity index (χ2n) is 11.3. The topological polar surface area (TPSA) is 64.1 Å². The summed E-state index contributed by atoms with van der Waals surface area (Å²) in [6.45, 7) is 1.71. The summed E-state index contributed by atoms with van der Waals surface area (Å²) in [5.41, 5.74) is -1.88. The number of aliphatic hydroxyl groups is 1. The molecule has 0 bridgehead atoms. The van der Waals surface area contributed by atoms with Gasteiger partial charge in [0, 0.05) is 52.0 Å². The van der Waals surface area contributed by atoms with Crippen molar-refractivity contribution >= 4 is 29.1 Å². The molecule has 1 unspecified atom stereocenters. The van der Waals surface area contributed by atoms with E-state index < -0.39 is 23.2 Å². The number of carbonyl (C=O) groups is 2. The molecule has 1 N–H and O–H groups in total. The van der Waals surface area contributed by atoms with Gasteiger partial charge < -0.3 is 19.8 Å². The van der Waals surface area contributed by atoms with Gasteiger partial charge in [0.1, 0.15) is 0 Å². The van der Waals surface area contributed by atoms with E-state index in [1.54, 1.807) is 32.3 Å². The lowest BCUT2D eigenvalue weighted by Crippen LogP contribution is -2.55. The second-order valence-corrected chi connectivity index (χ2v) is 11.7. The van der Waals surface area contributed by atoms with Crippen LogP contribution in [0.15, 0.2) is 42.5 Å². The lowest BCUT2D eigenvalue weighted by molar-refractivity contribution is -0.261. The molecule has 4 rings (SSSR count). The molecule has 10 heteroatoms. The minimum atomic E-state index is -5.14. The minimum absolute atomic E-state index is 0.122. The third-order valence-corrected chi connectivity index (χ3v) is 8.41. The Morgan fingerprint density at radius 1 is 1.02 bits per heavy atom. The molecule has 0 aromatic heterocycles. The number of rotatable bonds is 9. The molecule has 2 amide bonds. The molecule has 1 aliphatic carbocycles. The minimum Gasteiger partial charge on any atom is -0.371 e. The Kier molecular flexibility index (Phi) is 9.05. The summed E-state index contributed by atoms with van der Waals surface area (Å²) < 4.78 is 42.4. The van der Waals surface area contributed by atoms with E-state index in [-0.39, 0.29) is 18.4 Å². The molecule has 1 aliphatic heterocycles. The van der Waals surface area contributed by atoms with Gasteiger partial charge in [0.2, 0.25) is 0 Å². The molecule has 218 valence electrons. The molecular formula is C30H37ClF3N3O3. The Labute approximate surface area is 238 Å². The monoisotopic (exact) mass is 579 g/mol. The van der Waals surface area contributed by atoms with Gasteiger partial charge >= 0.3 is 6.18 Å². The first-order valence-electron chi connectivity index (χ1n) is 13.7. The first kappa shape index (κ1) is 30.2. The Balaban J connectivity index is 1.30. The van der Waals surface area contributed by atoms with E-state index in [0.29, 0.717) is 22.9 Å². The number of nitrogens with zero attached hydrogens (tertiary/aromatic N) is 3. The van der Waals surface area contributed by atoms with E-state index in [4.69, 9.17) is 11.6 Å². The molecule has 2 aliphatic rings. The summed E-state index contributed by atoms with van der Waals surface area (Å²) >= 11 is 6.37. The van der Waals surface area contributed by atoms with Crippen LogP contribution in [0.2, 0.25) is 5.02 Å². The summed E-state index contributed by atoms with van der Waals surface area (Å²) in [6.07, 6.45) is -0.242. The molecular weight excluding hydrogens is 543 g/mol. The number of amides is 2. The van der Waals surface area contributed by atoms with Crippen molar-refractivity contribution in [2.45, 2.75) is 56.2 Å². The number of piperidine rings is 1. The largest absolute Gasteiger partial charge is 0.430 e. The van der Waals surface area contributed by atoms with Crippen LogP contribution in [0.1, 0.15) is 65.9 Å². The van der Waals surface area contributed by atoms with Gasteiger partial charge in [-0.05, 0) is 74.1 Å². The molecule has 2 fully saturated rings. The number of alkyl halides is 3. The SMILES string of the molecule is CN(C)C(=O)c1ccc(N2CCC(CCCN(C)C(=O)C(O)(c3cccc(C4CC4)c3)C(F)(F)F)CC2)cc1Cl. The highest BCUT2D eigenvalue weighted by Gasteiger charge is 2.61. The van der Waals surface area contributed by atoms with Crippen molar-refractivity contribution in [3.8, 4) is 0 Å². The molecule has 1 atom stereocenters. The summed E-state index contributed by atoms with van der Waals surface area (Å²) in [7, 11) is 4.67. The zero-order valence-corrected chi connectivity index (χ0v) is 23.9. The maximum atomic E-state index is 14.1. The molecule has 1 heterocycles. The summed E-state index contributed by atoms with van der Waals surface area (Å²) in [6, 6.07) is 11.2. The molecule has 2 aromatic carbocycles. The van der Waals surface area contributed by atoms with Crippen LogP contribution in [-0.4, -0.2) is 73.7 Å². The van der Waals surface area contributed by atoms with E-state index in [2.05, 4.69) is 4.90 Å². The summed E-state index contributed by atoms with van der Waals surface area (Å²) in [4.78, 5) is 30.0. The van der Waals surface area contributed by atoms with Crippen LogP contribution >= 0.6 is 11.6 Å². The van der Waals surface area contributed by atoms with Crippen molar-refractivity contribution in [2.75, 3.05) is 45.7 Å². The van der Waals surface area contributed by atoms with Gasteiger partial charge in [-0.1, -0.05) is 35.9 Å². The fourth-order valence-electron chi connectivity index (χ4n) is 5.43. The lowest BCUT2D eigenvalue weighted by atomic mass is 9.89. The lowest BCUT2D eigenvalue weighted by Gasteiger charge is -2.35. The van der Waals surface area contributed by atoms with Gasteiger partial charge in [-0.15, -0.1) is 0 Å². The highest BCUT2D eigenvalue weighted by Crippen LogP contribution is 2.44. The maximum absolute atomic E-state index is 14.1. The number of anilines is 1. The molecule has 1 saturated heterocycles. The molecule has 2 aromatic rings. The smallest absolute Gasteiger partial charge is 0.371 e. The molecule has 40 heavy (non-hydrogen) atoms. The molecule has 1 saturated carbocycles. The fraction of sp³-hybridized carbons (Fsp3) is 0.533. The van der Waals surface area contributed by atoms with Crippen LogP contribution in [0.5, 0.6) is 0 Å². The van der Waals surface area contributed by atoms with Crippen LogP contribution in [0, 0.1) is 5.92 Å². The van der Waals surface area contributed by atoms with Gasteiger partial charge in [-0.25, -0.2) is 0 Å². The average molecular weight is 580 g/mol. The van der Waals surface area contributed by atoms with Crippen LogP contribution in [0.4, 0.5) is 18.9 Å². The van der Waals surface area contributed by atoms with Crippen molar-refractivity contribution < 1.29 is 27.9 Å². The van der Waals surface area contributed by atoms with E-state index in [1.807, 2.05) is 6.07 Å². The van der Waals surface area contributed by atoms with Gasteiger partial charge in [-0.3, -0.25) is 9.59 Å². The summed E-state index contributed by atoms with van der Waals surface area (Å²) in [5, 5.41) is 11.2. The predicted octanol–water partition coefficient (Wildman–Crippen LogP) is 5.82. The van der Waals surface area contributed by atoms with Gasteiger partial charge in [-0.2, -0.15) is 13.2 Å².